The second-order valence-electron chi connectivity index (χ2n) is 6.44. The van der Waals surface area contributed by atoms with Gasteiger partial charge < -0.3 is 24.3 Å². The van der Waals surface area contributed by atoms with Crippen LogP contribution in [0.4, 0.5) is 8.78 Å². The van der Waals surface area contributed by atoms with Gasteiger partial charge in [0.2, 0.25) is 18.0 Å². The summed E-state index contributed by atoms with van der Waals surface area (Å²) in [5.41, 5.74) is -0.506. The molecule has 0 amide bonds. The predicted molar refractivity (Wildman–Crippen MR) is 70.0 cm³/mol. The zero-order valence-electron chi connectivity index (χ0n) is 12.8. The number of nitrogens with one attached hydrogen (secondary N) is 1. The lowest BCUT2D eigenvalue weighted by atomic mass is 9.82. The van der Waals surface area contributed by atoms with Crippen molar-refractivity contribution in [2.45, 2.75) is 62.4 Å². The van der Waals surface area contributed by atoms with E-state index in [1.54, 1.807) is 13.8 Å². The summed E-state index contributed by atoms with van der Waals surface area (Å²) < 4.78 is 50.0. The third-order valence-electron chi connectivity index (χ3n) is 5.42. The van der Waals surface area contributed by atoms with E-state index in [4.69, 9.17) is 18.9 Å². The maximum atomic E-state index is 13.6. The Labute approximate surface area is 123 Å². The van der Waals surface area contributed by atoms with Gasteiger partial charge in [0.05, 0.1) is 12.0 Å². The minimum Gasteiger partial charge on any atom is -0.349 e. The van der Waals surface area contributed by atoms with Crippen molar-refractivity contribution in [3.63, 3.8) is 0 Å². The van der Waals surface area contributed by atoms with Crippen LogP contribution in [-0.2, 0) is 18.9 Å². The summed E-state index contributed by atoms with van der Waals surface area (Å²) in [5, 5.41) is 3.23. The predicted octanol–water partition coefficient (Wildman–Crippen LogP) is 1.51. The monoisotopic (exact) mass is 307 g/mol. The molecule has 5 atom stereocenters. The van der Waals surface area contributed by atoms with Crippen LogP contribution in [0.2, 0.25) is 0 Å². The fourth-order valence-corrected chi connectivity index (χ4v) is 3.60. The molecule has 2 saturated heterocycles. The van der Waals surface area contributed by atoms with Crippen molar-refractivity contribution < 1.29 is 27.7 Å². The topological polar surface area (TPSA) is 49.0 Å². The van der Waals surface area contributed by atoms with E-state index in [0.29, 0.717) is 6.54 Å². The Kier molecular flexibility index (Phi) is 3.57. The highest BCUT2D eigenvalue weighted by Crippen LogP contribution is 2.53. The first-order valence-corrected chi connectivity index (χ1v) is 7.30. The van der Waals surface area contributed by atoms with Gasteiger partial charge in [-0.05, 0) is 26.7 Å². The number of fused-ring (bicyclic) bond motifs is 1. The van der Waals surface area contributed by atoms with Gasteiger partial charge in [-0.3, -0.25) is 0 Å². The highest BCUT2D eigenvalue weighted by molar-refractivity contribution is 5.15. The molecular formula is C14H23F2NO4. The number of halogens is 2. The van der Waals surface area contributed by atoms with E-state index < -0.39 is 41.7 Å². The minimum absolute atomic E-state index is 0.479. The quantitative estimate of drug-likeness (QED) is 0.856. The zero-order valence-corrected chi connectivity index (χ0v) is 12.8. The summed E-state index contributed by atoms with van der Waals surface area (Å²) in [4.78, 5) is 0. The first kappa shape index (κ1) is 15.6. The zero-order chi connectivity index (χ0) is 15.5. The summed E-state index contributed by atoms with van der Waals surface area (Å²) in [6, 6.07) is 0. The molecule has 0 unspecified atom stereocenters. The highest BCUT2D eigenvalue weighted by atomic mass is 19.3. The molecule has 1 aliphatic carbocycles. The molecule has 0 aromatic carbocycles. The van der Waals surface area contributed by atoms with Crippen molar-refractivity contribution in [3.8, 4) is 0 Å². The summed E-state index contributed by atoms with van der Waals surface area (Å²) in [7, 11) is 2.95. The van der Waals surface area contributed by atoms with Gasteiger partial charge in [-0.2, -0.15) is 0 Å². The van der Waals surface area contributed by atoms with Crippen LogP contribution in [0.3, 0.4) is 0 Å². The lowest BCUT2D eigenvalue weighted by molar-refractivity contribution is -0.457. The average Bonchev–Trinajstić information content (AvgIpc) is 3.20. The SMILES string of the molecule is CO[C@@]1(C)O[C@@H]2[C@@H](C(F)F)C3(CC3)NC[C@H]2O[C@]1(C)OC. The summed E-state index contributed by atoms with van der Waals surface area (Å²) in [5.74, 6) is -3.28. The number of methoxy groups -OCH3 is 2. The molecule has 1 saturated carbocycles. The van der Waals surface area contributed by atoms with E-state index >= 15 is 0 Å². The Bertz CT molecular complexity index is 420. The van der Waals surface area contributed by atoms with Gasteiger partial charge in [0, 0.05) is 26.3 Å². The molecule has 3 fully saturated rings. The fraction of sp³-hybridized carbons (Fsp3) is 1.00. The number of rotatable bonds is 3. The van der Waals surface area contributed by atoms with Crippen molar-refractivity contribution in [3.05, 3.63) is 0 Å². The van der Waals surface area contributed by atoms with E-state index in [2.05, 4.69) is 5.32 Å². The molecule has 5 nitrogen and oxygen atoms in total. The Hall–Kier alpha value is -0.340. The van der Waals surface area contributed by atoms with E-state index in [-0.39, 0.29) is 0 Å². The Morgan fingerprint density at radius 3 is 2.14 bits per heavy atom. The second-order valence-corrected chi connectivity index (χ2v) is 6.44. The minimum atomic E-state index is -2.47. The Morgan fingerprint density at radius 1 is 1.10 bits per heavy atom. The molecule has 21 heavy (non-hydrogen) atoms. The maximum Gasteiger partial charge on any atom is 0.245 e. The molecule has 0 aromatic rings. The average molecular weight is 307 g/mol. The fourth-order valence-electron chi connectivity index (χ4n) is 3.60. The van der Waals surface area contributed by atoms with Gasteiger partial charge in [0.1, 0.15) is 6.10 Å². The van der Waals surface area contributed by atoms with Crippen molar-refractivity contribution in [2.24, 2.45) is 5.92 Å². The van der Waals surface area contributed by atoms with Crippen LogP contribution in [0.25, 0.3) is 0 Å². The van der Waals surface area contributed by atoms with Gasteiger partial charge in [0.25, 0.3) is 0 Å². The Morgan fingerprint density at radius 2 is 1.67 bits per heavy atom. The molecule has 3 rings (SSSR count). The molecule has 122 valence electrons. The number of hydrogen-bond acceptors (Lipinski definition) is 5. The summed E-state index contributed by atoms with van der Waals surface area (Å²) in [6.45, 7) is 3.84. The smallest absolute Gasteiger partial charge is 0.245 e. The second kappa shape index (κ2) is 4.83. The maximum absolute atomic E-state index is 13.6. The molecule has 3 aliphatic rings. The van der Waals surface area contributed by atoms with Crippen molar-refractivity contribution in [1.82, 2.24) is 5.32 Å². The van der Waals surface area contributed by atoms with Crippen molar-refractivity contribution >= 4 is 0 Å². The first-order chi connectivity index (χ1) is 9.81. The molecule has 2 aliphatic heterocycles. The van der Waals surface area contributed by atoms with Crippen LogP contribution in [0.15, 0.2) is 0 Å². The van der Waals surface area contributed by atoms with Crippen LogP contribution in [0.1, 0.15) is 26.7 Å². The molecule has 1 N–H and O–H groups in total. The van der Waals surface area contributed by atoms with Crippen molar-refractivity contribution in [1.29, 1.82) is 0 Å². The number of alkyl halides is 2. The number of hydrogen-bond donors (Lipinski definition) is 1. The van der Waals surface area contributed by atoms with Gasteiger partial charge in [-0.1, -0.05) is 0 Å². The van der Waals surface area contributed by atoms with Crippen LogP contribution in [-0.4, -0.2) is 56.5 Å². The van der Waals surface area contributed by atoms with E-state index in [9.17, 15) is 8.78 Å². The van der Waals surface area contributed by atoms with Crippen molar-refractivity contribution in [2.75, 3.05) is 20.8 Å². The molecule has 2 heterocycles. The molecule has 1 spiro atoms. The van der Waals surface area contributed by atoms with Gasteiger partial charge >= 0.3 is 0 Å². The molecule has 0 aromatic heterocycles. The van der Waals surface area contributed by atoms with Crippen LogP contribution >= 0.6 is 0 Å². The van der Waals surface area contributed by atoms with E-state index in [1.807, 2.05) is 0 Å². The van der Waals surface area contributed by atoms with Gasteiger partial charge in [0.15, 0.2) is 0 Å². The third kappa shape index (κ3) is 2.13. The summed E-state index contributed by atoms with van der Waals surface area (Å²) >= 11 is 0. The Balaban J connectivity index is 1.91. The van der Waals surface area contributed by atoms with Gasteiger partial charge in [-0.15, -0.1) is 0 Å². The molecule has 7 heteroatoms. The largest absolute Gasteiger partial charge is 0.349 e. The normalized spacial score (nSPS) is 48.4. The van der Waals surface area contributed by atoms with Crippen LogP contribution < -0.4 is 5.32 Å². The van der Waals surface area contributed by atoms with E-state index in [0.717, 1.165) is 12.8 Å². The van der Waals surface area contributed by atoms with Gasteiger partial charge in [-0.25, -0.2) is 8.78 Å². The number of piperidine rings is 1. The highest BCUT2D eigenvalue weighted by Gasteiger charge is 2.66. The lowest BCUT2D eigenvalue weighted by Gasteiger charge is -2.56. The lowest BCUT2D eigenvalue weighted by Crippen LogP contribution is -2.72. The van der Waals surface area contributed by atoms with Crippen LogP contribution in [0.5, 0.6) is 0 Å². The molecule has 0 bridgehead atoms. The van der Waals surface area contributed by atoms with Crippen LogP contribution in [0, 0.1) is 5.92 Å². The standard InChI is InChI=1S/C14H23F2NO4/c1-12(18-3)13(2,19-4)21-10-8(20-12)7-17-14(5-6-14)9(10)11(15)16/h8-11,17H,5-7H2,1-4H3/t8-,9+,10+,12+,13+/m1/s1. The third-order valence-corrected chi connectivity index (χ3v) is 5.42. The molecular weight excluding hydrogens is 284 g/mol. The first-order valence-electron chi connectivity index (χ1n) is 7.30. The number of ether oxygens (including phenoxy) is 4. The molecule has 0 radical (unpaired) electrons. The summed E-state index contributed by atoms with van der Waals surface area (Å²) in [6.07, 6.45) is -2.16. The van der Waals surface area contributed by atoms with E-state index in [1.165, 1.54) is 14.2 Å².